The van der Waals surface area contributed by atoms with E-state index in [9.17, 15) is 23.5 Å². The molecule has 0 spiro atoms. The number of methoxy groups -OCH3 is 1. The van der Waals surface area contributed by atoms with Gasteiger partial charge in [-0.1, -0.05) is 19.4 Å². The fourth-order valence-corrected chi connectivity index (χ4v) is 9.63. The van der Waals surface area contributed by atoms with E-state index < -0.39 is 40.2 Å². The Balaban J connectivity index is 1.34. The predicted octanol–water partition coefficient (Wildman–Crippen LogP) is 4.67. The van der Waals surface area contributed by atoms with Gasteiger partial charge in [0.05, 0.1) is 29.9 Å². The van der Waals surface area contributed by atoms with Crippen LogP contribution in [0.2, 0.25) is 0 Å². The molecule has 11 heteroatoms. The van der Waals surface area contributed by atoms with Crippen LogP contribution in [-0.4, -0.2) is 62.4 Å². The number of aliphatic hydroxyl groups excluding tert-OH is 1. The Morgan fingerprint density at radius 3 is 2.76 bits per heavy atom. The number of aliphatic hydroxyl groups is 1. The molecule has 3 fully saturated rings. The minimum atomic E-state index is -1.52. The maximum atomic E-state index is 13.5. The van der Waals surface area contributed by atoms with Crippen molar-refractivity contribution in [3.8, 4) is 5.69 Å². The van der Waals surface area contributed by atoms with E-state index in [4.69, 9.17) is 9.47 Å². The monoisotopic (exact) mass is 587 g/mol. The van der Waals surface area contributed by atoms with Crippen LogP contribution in [0, 0.1) is 34.5 Å². The summed E-state index contributed by atoms with van der Waals surface area (Å²) in [5.41, 5.74) is 1.22. The molecule has 8 nitrogen and oxygen atoms in total. The Morgan fingerprint density at radius 2 is 2.05 bits per heavy atom. The number of carbonyl (C=O) groups is 2. The Hall–Kier alpha value is -2.63. The van der Waals surface area contributed by atoms with Crippen LogP contribution in [-0.2, 0) is 25.5 Å². The minimum absolute atomic E-state index is 0.0168. The first-order chi connectivity index (χ1) is 19.6. The number of halogens is 2. The van der Waals surface area contributed by atoms with Crippen LogP contribution in [0.15, 0.2) is 30.1 Å². The molecule has 0 radical (unpaired) electrons. The fourth-order valence-electron chi connectivity index (χ4n) is 8.92. The van der Waals surface area contributed by atoms with Gasteiger partial charge in [0.1, 0.15) is 12.6 Å². The van der Waals surface area contributed by atoms with Crippen LogP contribution >= 0.6 is 11.8 Å². The number of alkyl halides is 1. The number of esters is 1. The molecule has 2 aromatic heterocycles. The van der Waals surface area contributed by atoms with Crippen LogP contribution in [0.25, 0.3) is 11.8 Å². The van der Waals surface area contributed by atoms with Crippen molar-refractivity contribution in [2.45, 2.75) is 64.1 Å². The van der Waals surface area contributed by atoms with Gasteiger partial charge in [0, 0.05) is 12.5 Å². The summed E-state index contributed by atoms with van der Waals surface area (Å²) in [7, 11) is 1.38. The third-order valence-corrected chi connectivity index (χ3v) is 11.3. The number of aromatic nitrogens is 3. The number of nitrogens with zero attached hydrogens (tertiary/aromatic N) is 3. The lowest BCUT2D eigenvalue weighted by Crippen LogP contribution is -2.62. The van der Waals surface area contributed by atoms with E-state index >= 15 is 0 Å². The van der Waals surface area contributed by atoms with E-state index in [1.807, 2.05) is 13.1 Å². The second-order valence-corrected chi connectivity index (χ2v) is 13.3. The third-order valence-electron chi connectivity index (χ3n) is 10.6. The zero-order valence-electron chi connectivity index (χ0n) is 23.4. The van der Waals surface area contributed by atoms with Gasteiger partial charge >= 0.3 is 5.97 Å². The van der Waals surface area contributed by atoms with Crippen LogP contribution in [0.5, 0.6) is 0 Å². The van der Waals surface area contributed by atoms with Gasteiger partial charge in [-0.05, 0) is 97.2 Å². The standard InChI is InChI=1S/C30H35F2N3O5S/c1-28-11-17-13-34-35(19-5-7-24(32)33-14-19)22(17)10-18(28)4-6-20-21-8-9-30(27(38)41-16-31,40-25(37)15-39-3)29(21,2)12-23(36)26(20)28/h5,7,10,13-14,20-21,23,26,36H,4,6,8-9,11-12,15-16H2,1-3H3/t20-,21-,23-,26+,28+,29-,30-/m0/s1. The number of rotatable bonds is 6. The second kappa shape index (κ2) is 10.3. The van der Waals surface area contributed by atoms with Gasteiger partial charge in [-0.25, -0.2) is 18.9 Å². The number of pyridine rings is 1. The summed E-state index contributed by atoms with van der Waals surface area (Å²) in [5.74, 6) is -1.17. The summed E-state index contributed by atoms with van der Waals surface area (Å²) >= 11 is 0.534. The fraction of sp³-hybridized carbons (Fsp3) is 0.600. The Kier molecular flexibility index (Phi) is 7.14. The molecule has 0 bridgehead atoms. The molecular formula is C30H35F2N3O5S. The largest absolute Gasteiger partial charge is 0.448 e. The molecule has 2 aromatic rings. The highest BCUT2D eigenvalue weighted by Crippen LogP contribution is 2.68. The maximum absolute atomic E-state index is 13.5. The molecule has 3 saturated carbocycles. The van der Waals surface area contributed by atoms with E-state index in [1.54, 1.807) is 10.7 Å². The number of ether oxygens (including phenoxy) is 2. The minimum Gasteiger partial charge on any atom is -0.448 e. The molecule has 1 N–H and O–H groups in total. The lowest BCUT2D eigenvalue weighted by atomic mass is 9.45. The van der Waals surface area contributed by atoms with Crippen molar-refractivity contribution in [1.82, 2.24) is 14.8 Å². The first-order valence-corrected chi connectivity index (χ1v) is 15.1. The summed E-state index contributed by atoms with van der Waals surface area (Å²) in [6, 6.07) is 2.06. The maximum Gasteiger partial charge on any atom is 0.333 e. The van der Waals surface area contributed by atoms with E-state index in [0.29, 0.717) is 36.7 Å². The molecule has 2 heterocycles. The van der Waals surface area contributed by atoms with Crippen molar-refractivity contribution in [3.63, 3.8) is 0 Å². The lowest BCUT2D eigenvalue weighted by molar-refractivity contribution is -0.198. The number of allylic oxidation sites excluding steroid dienone is 1. The zero-order chi connectivity index (χ0) is 29.2. The molecule has 0 aliphatic heterocycles. The van der Waals surface area contributed by atoms with Gasteiger partial charge in [0.25, 0.3) is 0 Å². The molecule has 220 valence electrons. The van der Waals surface area contributed by atoms with Gasteiger partial charge in [0.2, 0.25) is 11.1 Å². The molecule has 0 unspecified atom stereocenters. The van der Waals surface area contributed by atoms with Crippen LogP contribution in [0.4, 0.5) is 8.78 Å². The van der Waals surface area contributed by atoms with Crippen molar-refractivity contribution >= 4 is 28.9 Å². The van der Waals surface area contributed by atoms with Crippen LogP contribution < -0.4 is 0 Å². The van der Waals surface area contributed by atoms with Gasteiger partial charge in [0.15, 0.2) is 5.60 Å². The van der Waals surface area contributed by atoms with Crippen molar-refractivity contribution in [2.24, 2.45) is 28.6 Å². The quantitative estimate of drug-likeness (QED) is 0.384. The molecule has 6 rings (SSSR count). The Morgan fingerprint density at radius 1 is 1.24 bits per heavy atom. The highest BCUT2D eigenvalue weighted by Gasteiger charge is 2.70. The highest BCUT2D eigenvalue weighted by atomic mass is 32.2. The average Bonchev–Trinajstić information content (AvgIpc) is 3.45. The van der Waals surface area contributed by atoms with Gasteiger partial charge in [-0.2, -0.15) is 9.49 Å². The zero-order valence-corrected chi connectivity index (χ0v) is 24.3. The van der Waals surface area contributed by atoms with E-state index in [0.717, 1.165) is 24.1 Å². The van der Waals surface area contributed by atoms with E-state index in [2.05, 4.69) is 23.1 Å². The highest BCUT2D eigenvalue weighted by molar-refractivity contribution is 8.13. The first kappa shape index (κ1) is 28.5. The third kappa shape index (κ3) is 4.21. The molecule has 7 atom stereocenters. The molecule has 4 aliphatic carbocycles. The summed E-state index contributed by atoms with van der Waals surface area (Å²) in [5, 5.41) is 16.0. The second-order valence-electron chi connectivity index (χ2n) is 12.4. The molecule has 0 aromatic carbocycles. The molecule has 0 amide bonds. The number of hydrogen-bond acceptors (Lipinski definition) is 8. The molecule has 4 aliphatic rings. The van der Waals surface area contributed by atoms with Crippen molar-refractivity contribution in [1.29, 1.82) is 0 Å². The lowest BCUT2D eigenvalue weighted by Gasteiger charge is -2.60. The Labute approximate surface area is 241 Å². The number of thioether (sulfide) groups is 1. The first-order valence-electron chi connectivity index (χ1n) is 14.1. The number of fused-ring (bicyclic) bond motifs is 6. The van der Waals surface area contributed by atoms with Gasteiger partial charge < -0.3 is 14.6 Å². The van der Waals surface area contributed by atoms with E-state index in [-0.39, 0.29) is 36.2 Å². The van der Waals surface area contributed by atoms with Gasteiger partial charge in [-0.3, -0.25) is 4.79 Å². The normalized spacial score (nSPS) is 35.5. The smallest absolute Gasteiger partial charge is 0.333 e. The topological polar surface area (TPSA) is 104 Å². The summed E-state index contributed by atoms with van der Waals surface area (Å²) < 4.78 is 39.5. The van der Waals surface area contributed by atoms with E-state index in [1.165, 1.54) is 24.9 Å². The average molecular weight is 588 g/mol. The number of carbonyl (C=O) groups excluding carboxylic acids is 2. The van der Waals surface area contributed by atoms with Crippen LogP contribution in [0.3, 0.4) is 0 Å². The molecular weight excluding hydrogens is 552 g/mol. The predicted molar refractivity (Wildman–Crippen MR) is 148 cm³/mol. The van der Waals surface area contributed by atoms with Crippen LogP contribution in [0.1, 0.15) is 57.2 Å². The molecule has 41 heavy (non-hydrogen) atoms. The summed E-state index contributed by atoms with van der Waals surface area (Å²) in [6.45, 7) is 3.85. The van der Waals surface area contributed by atoms with Crippen molar-refractivity contribution < 1.29 is 33.0 Å². The summed E-state index contributed by atoms with van der Waals surface area (Å²) in [4.78, 5) is 29.9. The number of hydrogen-bond donors (Lipinski definition) is 1. The van der Waals surface area contributed by atoms with Crippen molar-refractivity contribution in [2.75, 3.05) is 19.7 Å². The Bertz CT molecular complexity index is 1400. The summed E-state index contributed by atoms with van der Waals surface area (Å²) in [6.07, 6.45) is 8.25. The molecule has 0 saturated heterocycles. The van der Waals surface area contributed by atoms with Gasteiger partial charge in [-0.15, -0.1) is 0 Å². The van der Waals surface area contributed by atoms with Crippen molar-refractivity contribution in [3.05, 3.63) is 47.3 Å². The SMILES string of the molecule is COCC(=O)O[C@]1(C(=O)SCF)CC[C@H]2[C@@H]3CCC4=Cc5c(cnn5-c5ccc(F)nc5)C[C@@]4(C)[C@H]3[C@@H](O)C[C@@]21C.